The van der Waals surface area contributed by atoms with Crippen molar-refractivity contribution in [1.29, 1.82) is 0 Å². The lowest BCUT2D eigenvalue weighted by Gasteiger charge is -2.19. The van der Waals surface area contributed by atoms with Crippen LogP contribution >= 0.6 is 11.6 Å². The van der Waals surface area contributed by atoms with Crippen molar-refractivity contribution in [2.75, 3.05) is 0 Å². The van der Waals surface area contributed by atoms with Crippen molar-refractivity contribution in [3.05, 3.63) is 34.9 Å². The predicted octanol–water partition coefficient (Wildman–Crippen LogP) is 3.79. The minimum absolute atomic E-state index is 0.318. The summed E-state index contributed by atoms with van der Waals surface area (Å²) < 4.78 is 0. The molecule has 1 aromatic carbocycles. The number of hydrogen-bond donors (Lipinski definition) is 1. The van der Waals surface area contributed by atoms with Crippen LogP contribution in [0.5, 0.6) is 0 Å². The van der Waals surface area contributed by atoms with Gasteiger partial charge in [-0.05, 0) is 31.9 Å². The third-order valence-corrected chi connectivity index (χ3v) is 2.86. The zero-order valence-electron chi connectivity index (χ0n) is 9.05. The molecule has 0 saturated heterocycles. The van der Waals surface area contributed by atoms with E-state index in [4.69, 9.17) is 11.6 Å². The first kappa shape index (κ1) is 11.5. The lowest BCUT2D eigenvalue weighted by Crippen LogP contribution is -2.28. The molecule has 0 unspecified atom stereocenters. The molecule has 0 amide bonds. The van der Waals surface area contributed by atoms with Crippen molar-refractivity contribution >= 4 is 11.6 Å². The highest BCUT2D eigenvalue weighted by atomic mass is 35.5. The van der Waals surface area contributed by atoms with E-state index in [-0.39, 0.29) is 0 Å². The van der Waals surface area contributed by atoms with Crippen LogP contribution in [0.15, 0.2) is 24.3 Å². The molecule has 0 aliphatic carbocycles. The van der Waals surface area contributed by atoms with Crippen molar-refractivity contribution in [2.45, 2.75) is 39.3 Å². The predicted molar refractivity (Wildman–Crippen MR) is 62.8 cm³/mol. The second-order valence-corrected chi connectivity index (χ2v) is 4.13. The fraction of sp³-hybridized carbons (Fsp3) is 0.500. The van der Waals surface area contributed by atoms with Crippen LogP contribution in [-0.4, -0.2) is 6.04 Å². The van der Waals surface area contributed by atoms with Gasteiger partial charge in [-0.15, -0.1) is 0 Å². The first-order valence-corrected chi connectivity index (χ1v) is 5.53. The fourth-order valence-electron chi connectivity index (χ4n) is 1.46. The summed E-state index contributed by atoms with van der Waals surface area (Å²) in [4.78, 5) is 0. The van der Waals surface area contributed by atoms with Crippen LogP contribution in [-0.2, 0) is 0 Å². The number of halogens is 1. The average Bonchev–Trinajstić information content (AvgIpc) is 2.18. The van der Waals surface area contributed by atoms with Crippen molar-refractivity contribution in [3.8, 4) is 0 Å². The summed E-state index contributed by atoms with van der Waals surface area (Å²) in [5.74, 6) is 0. The van der Waals surface area contributed by atoms with Crippen molar-refractivity contribution in [2.24, 2.45) is 0 Å². The van der Waals surface area contributed by atoms with E-state index in [0.29, 0.717) is 12.1 Å². The maximum Gasteiger partial charge on any atom is 0.0453 e. The Morgan fingerprint density at radius 1 is 1.29 bits per heavy atom. The standard InChI is InChI=1S/C12H18ClN/c1-4-9(2)14-10(3)11-7-5-6-8-12(11)13/h5-10,14H,4H2,1-3H3/t9-,10+/m0/s1. The summed E-state index contributed by atoms with van der Waals surface area (Å²) >= 11 is 6.11. The molecule has 0 aromatic heterocycles. The summed E-state index contributed by atoms with van der Waals surface area (Å²) in [6.45, 7) is 6.51. The Balaban J connectivity index is 2.69. The van der Waals surface area contributed by atoms with Gasteiger partial charge in [-0.1, -0.05) is 36.7 Å². The van der Waals surface area contributed by atoms with Crippen LogP contribution < -0.4 is 5.32 Å². The van der Waals surface area contributed by atoms with E-state index in [1.165, 1.54) is 5.56 Å². The van der Waals surface area contributed by atoms with Crippen molar-refractivity contribution in [1.82, 2.24) is 5.32 Å². The van der Waals surface area contributed by atoms with Crippen LogP contribution in [0.1, 0.15) is 38.8 Å². The van der Waals surface area contributed by atoms with E-state index in [1.807, 2.05) is 18.2 Å². The lowest BCUT2D eigenvalue weighted by atomic mass is 10.1. The molecule has 2 heteroatoms. The molecule has 1 rings (SSSR count). The van der Waals surface area contributed by atoms with Crippen LogP contribution in [0, 0.1) is 0 Å². The molecule has 0 spiro atoms. The third kappa shape index (κ3) is 3.00. The van der Waals surface area contributed by atoms with Gasteiger partial charge in [0.2, 0.25) is 0 Å². The summed E-state index contributed by atoms with van der Waals surface area (Å²) in [7, 11) is 0. The summed E-state index contributed by atoms with van der Waals surface area (Å²) in [6, 6.07) is 8.84. The molecule has 0 fully saturated rings. The quantitative estimate of drug-likeness (QED) is 0.799. The molecule has 0 radical (unpaired) electrons. The second kappa shape index (κ2) is 5.38. The topological polar surface area (TPSA) is 12.0 Å². The highest BCUT2D eigenvalue weighted by Gasteiger charge is 2.10. The van der Waals surface area contributed by atoms with Gasteiger partial charge in [-0.2, -0.15) is 0 Å². The normalized spacial score (nSPS) is 15.1. The molecule has 0 aliphatic heterocycles. The summed E-state index contributed by atoms with van der Waals surface area (Å²) in [6.07, 6.45) is 1.13. The molecular weight excluding hydrogens is 194 g/mol. The zero-order valence-corrected chi connectivity index (χ0v) is 9.81. The molecule has 0 saturated carbocycles. The smallest absolute Gasteiger partial charge is 0.0453 e. The van der Waals surface area contributed by atoms with Gasteiger partial charge >= 0.3 is 0 Å². The molecule has 14 heavy (non-hydrogen) atoms. The Hall–Kier alpha value is -0.530. The molecule has 78 valence electrons. The first-order chi connectivity index (χ1) is 6.65. The summed E-state index contributed by atoms with van der Waals surface area (Å²) in [5.41, 5.74) is 1.18. The molecular formula is C12H18ClN. The van der Waals surface area contributed by atoms with Crippen LogP contribution in [0.25, 0.3) is 0 Å². The van der Waals surface area contributed by atoms with Crippen LogP contribution in [0.4, 0.5) is 0 Å². The van der Waals surface area contributed by atoms with E-state index in [0.717, 1.165) is 11.4 Å². The van der Waals surface area contributed by atoms with Gasteiger partial charge in [0.1, 0.15) is 0 Å². The Labute approximate surface area is 91.5 Å². The van der Waals surface area contributed by atoms with Gasteiger partial charge in [0.25, 0.3) is 0 Å². The molecule has 2 atom stereocenters. The molecule has 1 N–H and O–H groups in total. The van der Waals surface area contributed by atoms with Gasteiger partial charge in [-0.3, -0.25) is 0 Å². The van der Waals surface area contributed by atoms with Gasteiger partial charge in [0.15, 0.2) is 0 Å². The van der Waals surface area contributed by atoms with Crippen molar-refractivity contribution in [3.63, 3.8) is 0 Å². The maximum absolute atomic E-state index is 6.11. The minimum atomic E-state index is 0.318. The van der Waals surface area contributed by atoms with E-state index in [1.54, 1.807) is 0 Å². The molecule has 1 nitrogen and oxygen atoms in total. The number of benzene rings is 1. The number of hydrogen-bond acceptors (Lipinski definition) is 1. The largest absolute Gasteiger partial charge is 0.308 e. The Morgan fingerprint density at radius 3 is 2.50 bits per heavy atom. The SMILES string of the molecule is CC[C@H](C)N[C@H](C)c1ccccc1Cl. The minimum Gasteiger partial charge on any atom is -0.308 e. The Morgan fingerprint density at radius 2 is 1.93 bits per heavy atom. The third-order valence-electron chi connectivity index (χ3n) is 2.52. The highest BCUT2D eigenvalue weighted by Crippen LogP contribution is 2.22. The Kier molecular flexibility index (Phi) is 4.43. The average molecular weight is 212 g/mol. The van der Waals surface area contributed by atoms with Gasteiger partial charge in [0, 0.05) is 17.1 Å². The first-order valence-electron chi connectivity index (χ1n) is 5.15. The summed E-state index contributed by atoms with van der Waals surface area (Å²) in [5, 5.41) is 4.35. The number of rotatable bonds is 4. The molecule has 0 heterocycles. The van der Waals surface area contributed by atoms with E-state index in [2.05, 4.69) is 32.2 Å². The monoisotopic (exact) mass is 211 g/mol. The van der Waals surface area contributed by atoms with E-state index in [9.17, 15) is 0 Å². The molecule has 0 bridgehead atoms. The fourth-order valence-corrected chi connectivity index (χ4v) is 1.76. The number of nitrogens with one attached hydrogen (secondary N) is 1. The van der Waals surface area contributed by atoms with Crippen LogP contribution in [0.3, 0.4) is 0 Å². The van der Waals surface area contributed by atoms with Crippen molar-refractivity contribution < 1.29 is 0 Å². The lowest BCUT2D eigenvalue weighted by molar-refractivity contribution is 0.469. The van der Waals surface area contributed by atoms with Gasteiger partial charge < -0.3 is 5.32 Å². The second-order valence-electron chi connectivity index (χ2n) is 3.72. The van der Waals surface area contributed by atoms with E-state index >= 15 is 0 Å². The Bertz CT molecular complexity index is 285. The van der Waals surface area contributed by atoms with Gasteiger partial charge in [0.05, 0.1) is 0 Å². The highest BCUT2D eigenvalue weighted by molar-refractivity contribution is 6.31. The van der Waals surface area contributed by atoms with Gasteiger partial charge in [-0.25, -0.2) is 0 Å². The molecule has 1 aromatic rings. The van der Waals surface area contributed by atoms with E-state index < -0.39 is 0 Å². The maximum atomic E-state index is 6.11. The zero-order chi connectivity index (χ0) is 10.6. The van der Waals surface area contributed by atoms with Crippen LogP contribution in [0.2, 0.25) is 5.02 Å². The molecule has 0 aliphatic rings.